The second-order valence-electron chi connectivity index (χ2n) is 3.93. The van der Waals surface area contributed by atoms with Crippen LogP contribution in [0.25, 0.3) is 6.08 Å². The molecule has 0 saturated heterocycles. The van der Waals surface area contributed by atoms with Gasteiger partial charge in [-0.25, -0.2) is 4.79 Å². The van der Waals surface area contributed by atoms with Gasteiger partial charge < -0.3 is 20.5 Å². The van der Waals surface area contributed by atoms with Crippen LogP contribution in [0.4, 0.5) is 4.79 Å². The van der Waals surface area contributed by atoms with Gasteiger partial charge >= 0.3 is 6.03 Å². The zero-order valence-corrected chi connectivity index (χ0v) is 11.1. The number of urea groups is 1. The zero-order chi connectivity index (χ0) is 13.9. The van der Waals surface area contributed by atoms with Gasteiger partial charge in [0.1, 0.15) is 0 Å². The van der Waals surface area contributed by atoms with Gasteiger partial charge in [0.05, 0.1) is 19.8 Å². The molecule has 0 heterocycles. The molecule has 0 aliphatic rings. The standard InChI is InChI=1S/C14H20N2O3/c1-12-4-2-3-5-13(12)6-7-15-14(18)16-8-10-19-11-9-17/h2-7,17H,8-11H2,1H3,(H2,15,16,18)/b7-6+. The topological polar surface area (TPSA) is 70.6 Å². The molecule has 1 rings (SSSR count). The number of rotatable bonds is 7. The first-order valence-electron chi connectivity index (χ1n) is 6.19. The Hall–Kier alpha value is -1.85. The Morgan fingerprint density at radius 2 is 2.16 bits per heavy atom. The van der Waals surface area contributed by atoms with E-state index in [-0.39, 0.29) is 19.2 Å². The van der Waals surface area contributed by atoms with Gasteiger partial charge in [0.2, 0.25) is 0 Å². The number of carbonyl (C=O) groups excluding carboxylic acids is 1. The fourth-order valence-corrected chi connectivity index (χ4v) is 1.44. The van der Waals surface area contributed by atoms with Crippen molar-refractivity contribution in [1.29, 1.82) is 0 Å². The van der Waals surface area contributed by atoms with E-state index in [1.807, 2.05) is 37.3 Å². The summed E-state index contributed by atoms with van der Waals surface area (Å²) in [7, 11) is 0. The van der Waals surface area contributed by atoms with Crippen LogP contribution in [0.15, 0.2) is 30.5 Å². The van der Waals surface area contributed by atoms with E-state index in [2.05, 4.69) is 10.6 Å². The van der Waals surface area contributed by atoms with Crippen LogP contribution in [0.5, 0.6) is 0 Å². The van der Waals surface area contributed by atoms with Gasteiger partial charge in [-0.15, -0.1) is 0 Å². The van der Waals surface area contributed by atoms with Crippen LogP contribution in [0.3, 0.4) is 0 Å². The van der Waals surface area contributed by atoms with E-state index >= 15 is 0 Å². The molecule has 0 atom stereocenters. The highest BCUT2D eigenvalue weighted by Crippen LogP contribution is 2.07. The number of carbonyl (C=O) groups is 1. The molecule has 0 unspecified atom stereocenters. The highest BCUT2D eigenvalue weighted by molar-refractivity contribution is 5.75. The summed E-state index contributed by atoms with van der Waals surface area (Å²) in [5, 5.41) is 13.7. The summed E-state index contributed by atoms with van der Waals surface area (Å²) in [6.07, 6.45) is 3.45. The molecule has 0 aliphatic heterocycles. The maximum Gasteiger partial charge on any atom is 0.318 e. The normalized spacial score (nSPS) is 10.6. The van der Waals surface area contributed by atoms with Crippen LogP contribution in [-0.4, -0.2) is 37.5 Å². The molecular weight excluding hydrogens is 244 g/mol. The molecule has 1 aromatic carbocycles. The Labute approximate surface area is 113 Å². The van der Waals surface area contributed by atoms with Crippen LogP contribution < -0.4 is 10.6 Å². The molecule has 2 amide bonds. The Kier molecular flexibility index (Phi) is 7.31. The molecule has 1 aromatic rings. The largest absolute Gasteiger partial charge is 0.394 e. The van der Waals surface area contributed by atoms with E-state index in [4.69, 9.17) is 9.84 Å². The summed E-state index contributed by atoms with van der Waals surface area (Å²) in [5.41, 5.74) is 2.22. The second-order valence-corrected chi connectivity index (χ2v) is 3.93. The number of benzene rings is 1. The van der Waals surface area contributed by atoms with Crippen molar-refractivity contribution >= 4 is 12.1 Å². The lowest BCUT2D eigenvalue weighted by molar-refractivity contribution is 0.0948. The average Bonchev–Trinajstić information content (AvgIpc) is 2.41. The number of nitrogens with one attached hydrogen (secondary N) is 2. The number of aryl methyl sites for hydroxylation is 1. The molecular formula is C14H20N2O3. The first-order valence-corrected chi connectivity index (χ1v) is 6.19. The van der Waals surface area contributed by atoms with Gasteiger partial charge in [-0.2, -0.15) is 0 Å². The minimum Gasteiger partial charge on any atom is -0.394 e. The van der Waals surface area contributed by atoms with Crippen molar-refractivity contribution in [2.75, 3.05) is 26.4 Å². The molecule has 0 fully saturated rings. The number of ether oxygens (including phenoxy) is 1. The lowest BCUT2D eigenvalue weighted by Gasteiger charge is -2.05. The Balaban J connectivity index is 2.21. The maximum absolute atomic E-state index is 11.4. The summed E-state index contributed by atoms with van der Waals surface area (Å²) in [6, 6.07) is 7.63. The number of aliphatic hydroxyl groups excluding tert-OH is 1. The molecule has 0 radical (unpaired) electrons. The van der Waals surface area contributed by atoms with Gasteiger partial charge in [-0.05, 0) is 24.1 Å². The summed E-state index contributed by atoms with van der Waals surface area (Å²) >= 11 is 0. The van der Waals surface area contributed by atoms with Crippen LogP contribution >= 0.6 is 0 Å². The monoisotopic (exact) mass is 264 g/mol. The summed E-state index contributed by atoms with van der Waals surface area (Å²) in [4.78, 5) is 11.4. The van der Waals surface area contributed by atoms with E-state index in [9.17, 15) is 4.79 Å². The molecule has 5 heteroatoms. The van der Waals surface area contributed by atoms with E-state index in [0.717, 1.165) is 11.1 Å². The summed E-state index contributed by atoms with van der Waals surface area (Å²) < 4.78 is 5.01. The molecule has 0 aliphatic carbocycles. The highest BCUT2D eigenvalue weighted by atomic mass is 16.5. The first kappa shape index (κ1) is 15.2. The minimum atomic E-state index is -0.280. The number of amides is 2. The molecule has 0 spiro atoms. The SMILES string of the molecule is Cc1ccccc1/C=C/NC(=O)NCCOCCO. The fraction of sp³-hybridized carbons (Fsp3) is 0.357. The summed E-state index contributed by atoms with van der Waals surface area (Å²) in [5.74, 6) is 0. The lowest BCUT2D eigenvalue weighted by atomic mass is 10.1. The lowest BCUT2D eigenvalue weighted by Crippen LogP contribution is -2.34. The predicted molar refractivity (Wildman–Crippen MR) is 74.7 cm³/mol. The van der Waals surface area contributed by atoms with Crippen molar-refractivity contribution in [2.45, 2.75) is 6.92 Å². The number of hydrogen-bond donors (Lipinski definition) is 3. The third kappa shape index (κ3) is 6.59. The fourth-order valence-electron chi connectivity index (χ4n) is 1.44. The van der Waals surface area contributed by atoms with Crippen LogP contribution in [-0.2, 0) is 4.74 Å². The molecule has 3 N–H and O–H groups in total. The molecule has 0 saturated carbocycles. The Morgan fingerprint density at radius 3 is 2.89 bits per heavy atom. The van der Waals surface area contributed by atoms with Crippen molar-refractivity contribution < 1.29 is 14.6 Å². The molecule has 0 aromatic heterocycles. The van der Waals surface area contributed by atoms with Crippen molar-refractivity contribution in [3.8, 4) is 0 Å². The number of hydrogen-bond acceptors (Lipinski definition) is 3. The third-order valence-electron chi connectivity index (χ3n) is 2.43. The van der Waals surface area contributed by atoms with Gasteiger partial charge in [-0.1, -0.05) is 24.3 Å². The van der Waals surface area contributed by atoms with E-state index < -0.39 is 0 Å². The highest BCUT2D eigenvalue weighted by Gasteiger charge is 1.96. The Morgan fingerprint density at radius 1 is 1.37 bits per heavy atom. The van der Waals surface area contributed by atoms with Crippen molar-refractivity contribution in [3.63, 3.8) is 0 Å². The number of aliphatic hydroxyl groups is 1. The third-order valence-corrected chi connectivity index (χ3v) is 2.43. The van der Waals surface area contributed by atoms with Crippen LogP contribution in [0.1, 0.15) is 11.1 Å². The average molecular weight is 264 g/mol. The predicted octanol–water partition coefficient (Wildman–Crippen LogP) is 1.27. The van der Waals surface area contributed by atoms with Gasteiger partial charge in [0.15, 0.2) is 0 Å². The summed E-state index contributed by atoms with van der Waals surface area (Å²) in [6.45, 7) is 3.08. The molecule has 104 valence electrons. The van der Waals surface area contributed by atoms with Gasteiger partial charge in [-0.3, -0.25) is 0 Å². The Bertz CT molecular complexity index is 419. The van der Waals surface area contributed by atoms with Crippen molar-refractivity contribution in [2.24, 2.45) is 0 Å². The van der Waals surface area contributed by atoms with Crippen LogP contribution in [0, 0.1) is 6.92 Å². The van der Waals surface area contributed by atoms with Gasteiger partial charge in [0, 0.05) is 12.7 Å². The van der Waals surface area contributed by atoms with E-state index in [1.165, 1.54) is 0 Å². The maximum atomic E-state index is 11.4. The molecule has 19 heavy (non-hydrogen) atoms. The van der Waals surface area contributed by atoms with Crippen molar-refractivity contribution in [1.82, 2.24) is 10.6 Å². The first-order chi connectivity index (χ1) is 9.24. The minimum absolute atomic E-state index is 0.00857. The zero-order valence-electron chi connectivity index (χ0n) is 11.1. The smallest absolute Gasteiger partial charge is 0.318 e. The van der Waals surface area contributed by atoms with E-state index in [1.54, 1.807) is 6.20 Å². The molecule has 0 bridgehead atoms. The second kappa shape index (κ2) is 9.13. The van der Waals surface area contributed by atoms with E-state index in [0.29, 0.717) is 13.2 Å². The van der Waals surface area contributed by atoms with Gasteiger partial charge in [0.25, 0.3) is 0 Å². The molecule has 5 nitrogen and oxygen atoms in total. The van der Waals surface area contributed by atoms with Crippen molar-refractivity contribution in [3.05, 3.63) is 41.6 Å². The quantitative estimate of drug-likeness (QED) is 0.650. The van der Waals surface area contributed by atoms with Crippen LogP contribution in [0.2, 0.25) is 0 Å².